The van der Waals surface area contributed by atoms with E-state index in [1.54, 1.807) is 0 Å². The summed E-state index contributed by atoms with van der Waals surface area (Å²) in [5, 5.41) is 0. The largest absolute Gasteiger partial charge is 1.00 e. The predicted molar refractivity (Wildman–Crippen MR) is 57.5 cm³/mol. The molecular weight excluding hydrogens is 108 g/mol. The van der Waals surface area contributed by atoms with Gasteiger partial charge < -0.3 is 0 Å². The third-order valence-corrected chi connectivity index (χ3v) is 0. The molecule has 0 heteroatoms. The summed E-state index contributed by atoms with van der Waals surface area (Å²) in [7, 11) is 0. The van der Waals surface area contributed by atoms with Crippen molar-refractivity contribution < 1.29 is 2.85 Å². The number of hydrogen-bond donors (Lipinski definition) is 0. The molecule has 0 nitrogen and oxygen atoms in total. The van der Waals surface area contributed by atoms with Crippen LogP contribution in [0.5, 0.6) is 0 Å². The Kier molecular flexibility index (Phi) is 0. The van der Waals surface area contributed by atoms with Crippen molar-refractivity contribution in [3.05, 3.63) is 0 Å². The molecule has 0 fully saturated rings. The van der Waals surface area contributed by atoms with Crippen molar-refractivity contribution in [2.75, 3.05) is 0 Å². The molecule has 0 aromatic heterocycles. The quantitative estimate of drug-likeness (QED) is 0.427. The van der Waals surface area contributed by atoms with Gasteiger partial charge >= 0.3 is 1.43 Å². The third kappa shape index (κ3) is 0. The van der Waals surface area contributed by atoms with Crippen molar-refractivity contribution in [3.63, 3.8) is 0 Å². The Balaban J connectivity index is -0.00000000167. The Bertz CT molecular complexity index is 7.52. The molecule has 0 bridgehead atoms. The fraction of sp³-hybridized carbons (Fsp3) is 1.00. The van der Waals surface area contributed by atoms with E-state index in [0.717, 1.165) is 0 Å². The van der Waals surface area contributed by atoms with Gasteiger partial charge in [0.25, 0.3) is 0 Å². The van der Waals surface area contributed by atoms with E-state index < -0.39 is 0 Å². The molecule has 0 heterocycles. The zero-order chi connectivity index (χ0) is 6.00. The van der Waals surface area contributed by atoms with E-state index in [9.17, 15) is 0 Å². The highest BCUT2D eigenvalue weighted by atomic mass is 13.0. The van der Waals surface area contributed by atoms with Crippen LogP contribution in [0.3, 0.4) is 0 Å². The summed E-state index contributed by atoms with van der Waals surface area (Å²) in [4.78, 5) is 0. The molecular formula is C9H33+. The summed E-state index contributed by atoms with van der Waals surface area (Å²) in [5.41, 5.74) is 0. The average Bonchev–Trinajstić information content (AvgIpc) is 1.81. The molecule has 0 atom stereocenters. The van der Waals surface area contributed by atoms with Crippen molar-refractivity contribution in [3.8, 4) is 0 Å². The molecule has 68 valence electrons. The third-order valence-electron chi connectivity index (χ3n) is 0. The first kappa shape index (κ1) is 64.0. The average molecular weight is 141 g/mol. The van der Waals surface area contributed by atoms with E-state index in [4.69, 9.17) is 0 Å². The van der Waals surface area contributed by atoms with Crippen LogP contribution >= 0.6 is 0 Å². The first-order valence-corrected chi connectivity index (χ1v) is 3.00. The first-order valence-electron chi connectivity index (χ1n) is 3.00. The lowest BCUT2D eigenvalue weighted by Crippen LogP contribution is -0.856. The minimum Gasteiger partial charge on any atom is -0.0776 e. The van der Waals surface area contributed by atoms with Crippen LogP contribution in [0, 0.1) is 0 Å². The van der Waals surface area contributed by atoms with Gasteiger partial charge in [0.15, 0.2) is 0 Å². The molecule has 0 spiro atoms. The summed E-state index contributed by atoms with van der Waals surface area (Å²) >= 11 is 0. The normalized spacial score (nSPS) is 2.00. The molecule has 0 saturated heterocycles. The summed E-state index contributed by atoms with van der Waals surface area (Å²) in [6.45, 7) is 12.0. The Morgan fingerprint density at radius 1 is 0.556 bits per heavy atom. The maximum absolute atomic E-state index is 2.00. The SMILES string of the molecule is C.C.C.CC.CC.CC.[H+].[HH]. The van der Waals surface area contributed by atoms with Crippen molar-refractivity contribution >= 4 is 0 Å². The second-order valence-electron chi connectivity index (χ2n) is 0. The van der Waals surface area contributed by atoms with Gasteiger partial charge in [-0.25, -0.2) is 0 Å². The van der Waals surface area contributed by atoms with Gasteiger partial charge in [-0.3, -0.25) is 0 Å². The Labute approximate surface area is 67.7 Å². The van der Waals surface area contributed by atoms with E-state index in [0.29, 0.717) is 0 Å². The molecule has 0 aliphatic rings. The fourth-order valence-corrected chi connectivity index (χ4v) is 0. The van der Waals surface area contributed by atoms with Gasteiger partial charge in [-0.2, -0.15) is 0 Å². The molecule has 0 amide bonds. The molecule has 0 saturated carbocycles. The van der Waals surface area contributed by atoms with Gasteiger partial charge in [0.1, 0.15) is 0 Å². The maximum atomic E-state index is 2.00. The predicted octanol–water partition coefficient (Wildman–Crippen LogP) is 5.35. The van der Waals surface area contributed by atoms with Crippen LogP contribution in [-0.4, -0.2) is 0 Å². The lowest BCUT2D eigenvalue weighted by molar-refractivity contribution is 1.50. The van der Waals surface area contributed by atoms with Gasteiger partial charge in [0.2, 0.25) is 0 Å². The van der Waals surface area contributed by atoms with Crippen LogP contribution in [0.4, 0.5) is 0 Å². The molecule has 0 aromatic carbocycles. The van der Waals surface area contributed by atoms with E-state index in [2.05, 4.69) is 0 Å². The van der Waals surface area contributed by atoms with Crippen molar-refractivity contribution in [2.24, 2.45) is 0 Å². The van der Waals surface area contributed by atoms with Gasteiger partial charge in [0.05, 0.1) is 0 Å². The van der Waals surface area contributed by atoms with Gasteiger partial charge in [-0.15, -0.1) is 0 Å². The monoisotopic (exact) mass is 141 g/mol. The lowest BCUT2D eigenvalue weighted by atomic mass is 11.0. The van der Waals surface area contributed by atoms with Crippen LogP contribution < -0.4 is 0 Å². The number of hydrogen-bond acceptors (Lipinski definition) is 0. The highest BCUT2D eigenvalue weighted by Crippen LogP contribution is 1.15. The van der Waals surface area contributed by atoms with E-state index in [1.807, 2.05) is 41.5 Å². The van der Waals surface area contributed by atoms with Gasteiger partial charge in [-0.05, 0) is 0 Å². The van der Waals surface area contributed by atoms with Crippen molar-refractivity contribution in [1.82, 2.24) is 0 Å². The number of rotatable bonds is 0. The summed E-state index contributed by atoms with van der Waals surface area (Å²) in [6, 6.07) is 0. The van der Waals surface area contributed by atoms with Crippen molar-refractivity contribution in [1.29, 1.82) is 0 Å². The maximum Gasteiger partial charge on any atom is 1.00 e. The van der Waals surface area contributed by atoms with E-state index in [-0.39, 0.29) is 25.1 Å². The minimum atomic E-state index is 0. The summed E-state index contributed by atoms with van der Waals surface area (Å²) in [6.07, 6.45) is 0. The van der Waals surface area contributed by atoms with Crippen LogP contribution in [0.15, 0.2) is 0 Å². The smallest absolute Gasteiger partial charge is 0.0776 e. The molecule has 9 heavy (non-hydrogen) atoms. The topological polar surface area (TPSA) is 0 Å². The standard InChI is InChI=1S/3C2H6.3CH4.H2/c3*1-2;;;;/h3*1-2H3;3*1H4;1H/p+1. The molecule has 0 aromatic rings. The lowest BCUT2D eigenvalue weighted by Gasteiger charge is -1.07. The highest BCUT2D eigenvalue weighted by Gasteiger charge is 0.936. The van der Waals surface area contributed by atoms with Gasteiger partial charge in [-0.1, -0.05) is 63.8 Å². The molecule has 0 rings (SSSR count). The van der Waals surface area contributed by atoms with Crippen LogP contribution in [0.25, 0.3) is 0 Å². The Morgan fingerprint density at radius 2 is 0.556 bits per heavy atom. The summed E-state index contributed by atoms with van der Waals surface area (Å²) < 4.78 is 0. The van der Waals surface area contributed by atoms with Crippen LogP contribution in [-0.2, 0) is 0 Å². The van der Waals surface area contributed by atoms with Crippen LogP contribution in [0.1, 0.15) is 66.7 Å². The Morgan fingerprint density at radius 3 is 0.556 bits per heavy atom. The molecule has 0 unspecified atom stereocenters. The first-order chi connectivity index (χ1) is 3.00. The molecule has 0 N–H and O–H groups in total. The fourth-order valence-electron chi connectivity index (χ4n) is 0. The second-order valence-corrected chi connectivity index (χ2v) is 0. The molecule has 0 aliphatic carbocycles. The van der Waals surface area contributed by atoms with Crippen LogP contribution in [0.2, 0.25) is 0 Å². The summed E-state index contributed by atoms with van der Waals surface area (Å²) in [5.74, 6) is 0. The minimum absolute atomic E-state index is 0. The zero-order valence-corrected chi connectivity index (χ0v) is 6.00. The molecule has 0 aliphatic heterocycles. The van der Waals surface area contributed by atoms with Gasteiger partial charge in [0, 0.05) is 1.43 Å². The zero-order valence-electron chi connectivity index (χ0n) is 7.00. The molecule has 0 radical (unpaired) electrons. The highest BCUT2D eigenvalue weighted by molar-refractivity contribution is 3.51. The van der Waals surface area contributed by atoms with Crippen molar-refractivity contribution in [2.45, 2.75) is 63.8 Å². The Hall–Kier alpha value is 0. The second kappa shape index (κ2) is 0. The van der Waals surface area contributed by atoms with E-state index in [1.165, 1.54) is 0 Å². The van der Waals surface area contributed by atoms with E-state index >= 15 is 0 Å².